The number of nitrogens with zero attached hydrogens (tertiary/aromatic N) is 3. The number of carbonyl (C=O) groups is 4. The first-order valence-corrected chi connectivity index (χ1v) is 14.2. The minimum absolute atomic E-state index is 0.153. The largest absolute Gasteiger partial charge is 0.404 e. The molecule has 3 heterocycles. The molecule has 3 aliphatic heterocycles. The van der Waals surface area contributed by atoms with Gasteiger partial charge in [0, 0.05) is 48.5 Å². The van der Waals surface area contributed by atoms with Gasteiger partial charge in [0.25, 0.3) is 5.91 Å². The van der Waals surface area contributed by atoms with Crippen LogP contribution in [0.25, 0.3) is 10.8 Å². The first kappa shape index (κ1) is 26.2. The van der Waals surface area contributed by atoms with Crippen molar-refractivity contribution in [2.75, 3.05) is 18.0 Å². The molecule has 0 radical (unpaired) electrons. The number of aliphatic imine (C=N–C) groups is 1. The summed E-state index contributed by atoms with van der Waals surface area (Å²) in [6, 6.07) is 8.93. The second kappa shape index (κ2) is 10.2. The number of likely N-dealkylation sites (tertiary alicyclic amines) is 1. The number of piperidine rings is 2. The maximum atomic E-state index is 13.4. The number of hydrogen-bond donors (Lipinski definition) is 2. The van der Waals surface area contributed by atoms with Crippen LogP contribution in [0.15, 0.2) is 47.1 Å². The van der Waals surface area contributed by atoms with Gasteiger partial charge in [0.15, 0.2) is 0 Å². The van der Waals surface area contributed by atoms with Crippen molar-refractivity contribution in [3.63, 3.8) is 0 Å². The SMILES string of the molecule is CC1(C(=O)N2CCC(N=C/C(=C\N)Cc3ccc4c5c(cccc35)C(=O)N4C3CCC(=O)NC3=O)CC2)CCC1. The number of rotatable bonds is 6. The van der Waals surface area contributed by atoms with E-state index in [1.54, 1.807) is 12.3 Å². The second-order valence-electron chi connectivity index (χ2n) is 11.7. The zero-order chi connectivity index (χ0) is 28.0. The number of nitrogens with one attached hydrogen (secondary N) is 1. The van der Waals surface area contributed by atoms with Gasteiger partial charge in [-0.15, -0.1) is 0 Å². The Morgan fingerprint density at radius 3 is 2.58 bits per heavy atom. The van der Waals surface area contributed by atoms with Gasteiger partial charge in [0.2, 0.25) is 17.7 Å². The molecular formula is C31H35N5O4. The third-order valence-corrected chi connectivity index (χ3v) is 9.12. The van der Waals surface area contributed by atoms with E-state index in [-0.39, 0.29) is 29.7 Å². The highest BCUT2D eigenvalue weighted by molar-refractivity contribution is 6.27. The maximum Gasteiger partial charge on any atom is 0.259 e. The molecule has 9 nitrogen and oxygen atoms in total. The standard InChI is InChI=1S/C31H35N5O4/c1-31(12-3-13-31)30(40)35-14-10-21(11-15-35)33-18-19(17-32)16-20-6-7-24-27-22(20)4-2-5-23(27)29(39)36(24)25-8-9-26(37)34-28(25)38/h2,4-7,17-18,21,25H,3,8-16,32H2,1H3,(H,34,37,38)/b19-17-,33-18?. The molecule has 0 spiro atoms. The van der Waals surface area contributed by atoms with E-state index >= 15 is 0 Å². The van der Waals surface area contributed by atoms with E-state index in [0.717, 1.165) is 67.1 Å². The Bertz CT molecular complexity index is 1470. The summed E-state index contributed by atoms with van der Waals surface area (Å²) in [5, 5.41) is 4.12. The van der Waals surface area contributed by atoms with Crippen molar-refractivity contribution in [1.29, 1.82) is 0 Å². The minimum Gasteiger partial charge on any atom is -0.404 e. The van der Waals surface area contributed by atoms with Gasteiger partial charge in [-0.3, -0.25) is 34.4 Å². The van der Waals surface area contributed by atoms with Crippen LogP contribution in [0.2, 0.25) is 0 Å². The average molecular weight is 542 g/mol. The number of nitrogens with two attached hydrogens (primary N) is 1. The number of hydrogen-bond acceptors (Lipinski definition) is 6. The molecule has 9 heteroatoms. The van der Waals surface area contributed by atoms with E-state index in [9.17, 15) is 19.2 Å². The summed E-state index contributed by atoms with van der Waals surface area (Å²) in [7, 11) is 0. The fraction of sp³-hybridized carbons (Fsp3) is 0.452. The van der Waals surface area contributed by atoms with E-state index < -0.39 is 11.9 Å². The molecule has 0 bridgehead atoms. The smallest absolute Gasteiger partial charge is 0.259 e. The summed E-state index contributed by atoms with van der Waals surface area (Å²) in [6.07, 6.45) is 9.29. The summed E-state index contributed by atoms with van der Waals surface area (Å²) in [4.78, 5) is 58.9. The van der Waals surface area contributed by atoms with E-state index in [4.69, 9.17) is 10.7 Å². The third-order valence-electron chi connectivity index (χ3n) is 9.12. The second-order valence-corrected chi connectivity index (χ2v) is 11.7. The number of amides is 4. The van der Waals surface area contributed by atoms with Crippen LogP contribution >= 0.6 is 0 Å². The topological polar surface area (TPSA) is 125 Å². The van der Waals surface area contributed by atoms with Crippen molar-refractivity contribution in [1.82, 2.24) is 10.2 Å². The lowest BCUT2D eigenvalue weighted by molar-refractivity contribution is -0.147. The van der Waals surface area contributed by atoms with E-state index in [2.05, 4.69) is 12.2 Å². The highest BCUT2D eigenvalue weighted by atomic mass is 16.2. The number of imide groups is 1. The number of carbonyl (C=O) groups excluding carboxylic acids is 4. The normalized spacial score (nSPS) is 23.2. The van der Waals surface area contributed by atoms with Crippen LogP contribution in [-0.2, 0) is 20.8 Å². The average Bonchev–Trinajstić information content (AvgIpc) is 3.23. The Labute approximate surface area is 233 Å². The number of anilines is 1. The molecule has 2 saturated heterocycles. The zero-order valence-electron chi connectivity index (χ0n) is 22.8. The highest BCUT2D eigenvalue weighted by Crippen LogP contribution is 2.43. The van der Waals surface area contributed by atoms with Crippen molar-refractivity contribution < 1.29 is 19.2 Å². The third kappa shape index (κ3) is 4.47. The predicted octanol–water partition coefficient (Wildman–Crippen LogP) is 3.24. The summed E-state index contributed by atoms with van der Waals surface area (Å²) >= 11 is 0. The fourth-order valence-electron chi connectivity index (χ4n) is 6.55. The van der Waals surface area contributed by atoms with Crippen molar-refractivity contribution in [3.8, 4) is 0 Å². The molecule has 1 aliphatic carbocycles. The lowest BCUT2D eigenvalue weighted by Crippen LogP contribution is -2.53. The molecule has 1 atom stereocenters. The van der Waals surface area contributed by atoms with E-state index in [1.165, 1.54) is 4.90 Å². The molecule has 0 aromatic heterocycles. The molecule has 3 N–H and O–H groups in total. The zero-order valence-corrected chi connectivity index (χ0v) is 22.8. The summed E-state index contributed by atoms with van der Waals surface area (Å²) < 4.78 is 0. The number of allylic oxidation sites excluding steroid dienone is 1. The highest BCUT2D eigenvalue weighted by Gasteiger charge is 2.43. The van der Waals surface area contributed by atoms with Crippen LogP contribution in [0.5, 0.6) is 0 Å². The van der Waals surface area contributed by atoms with Crippen LogP contribution in [0.1, 0.15) is 67.8 Å². The van der Waals surface area contributed by atoms with Gasteiger partial charge in [0.05, 0.1) is 11.7 Å². The van der Waals surface area contributed by atoms with E-state index in [0.29, 0.717) is 30.0 Å². The predicted molar refractivity (Wildman–Crippen MR) is 153 cm³/mol. The molecule has 1 unspecified atom stereocenters. The van der Waals surface area contributed by atoms with Gasteiger partial charge in [-0.05, 0) is 67.0 Å². The van der Waals surface area contributed by atoms with Crippen LogP contribution in [0.4, 0.5) is 5.69 Å². The summed E-state index contributed by atoms with van der Waals surface area (Å²) in [5.41, 5.74) is 8.98. The Morgan fingerprint density at radius 2 is 1.90 bits per heavy atom. The molecule has 6 rings (SSSR count). The lowest BCUT2D eigenvalue weighted by atomic mass is 9.69. The maximum absolute atomic E-state index is 13.4. The van der Waals surface area contributed by atoms with Crippen LogP contribution in [0, 0.1) is 5.41 Å². The van der Waals surface area contributed by atoms with Gasteiger partial charge in [-0.25, -0.2) is 0 Å². The molecule has 2 aromatic rings. The summed E-state index contributed by atoms with van der Waals surface area (Å²) in [5.74, 6) is -0.674. The van der Waals surface area contributed by atoms with Crippen molar-refractivity contribution in [3.05, 3.63) is 53.2 Å². The minimum atomic E-state index is -0.712. The Kier molecular flexibility index (Phi) is 6.68. The Morgan fingerprint density at radius 1 is 1.12 bits per heavy atom. The molecule has 1 saturated carbocycles. The van der Waals surface area contributed by atoms with Crippen LogP contribution < -0.4 is 16.0 Å². The molecule has 3 fully saturated rings. The van der Waals surface area contributed by atoms with E-state index in [1.807, 2.05) is 35.4 Å². The summed E-state index contributed by atoms with van der Waals surface area (Å²) in [6.45, 7) is 3.57. The van der Waals surface area contributed by atoms with Gasteiger partial charge in [0.1, 0.15) is 6.04 Å². The monoisotopic (exact) mass is 541 g/mol. The lowest BCUT2D eigenvalue weighted by Gasteiger charge is -2.42. The van der Waals surface area contributed by atoms with Gasteiger partial charge in [-0.1, -0.05) is 31.5 Å². The molecular weight excluding hydrogens is 506 g/mol. The van der Waals surface area contributed by atoms with Gasteiger partial charge in [-0.2, -0.15) is 0 Å². The fourth-order valence-corrected chi connectivity index (χ4v) is 6.55. The first-order chi connectivity index (χ1) is 19.3. The van der Waals surface area contributed by atoms with Crippen molar-refractivity contribution in [2.24, 2.45) is 16.1 Å². The molecule has 2 aromatic carbocycles. The molecule has 4 aliphatic rings. The molecule has 4 amide bonds. The molecule has 208 valence electrons. The van der Waals surface area contributed by atoms with Crippen LogP contribution in [-0.4, -0.2) is 59.9 Å². The van der Waals surface area contributed by atoms with Crippen molar-refractivity contribution in [2.45, 2.75) is 70.4 Å². The van der Waals surface area contributed by atoms with Crippen LogP contribution in [0.3, 0.4) is 0 Å². The van der Waals surface area contributed by atoms with Gasteiger partial charge >= 0.3 is 0 Å². The Balaban J connectivity index is 1.17. The molecule has 40 heavy (non-hydrogen) atoms. The number of benzene rings is 2. The van der Waals surface area contributed by atoms with Gasteiger partial charge < -0.3 is 10.6 Å². The first-order valence-electron chi connectivity index (χ1n) is 14.2. The Hall–Kier alpha value is -4.01. The quantitative estimate of drug-likeness (QED) is 0.429. The van der Waals surface area contributed by atoms with Crippen molar-refractivity contribution >= 4 is 46.3 Å².